The van der Waals surface area contributed by atoms with Gasteiger partial charge in [-0.05, 0) is 22.8 Å². The number of hydrogen-bond donors (Lipinski definition) is 1. The molecule has 3 heterocycles. The molecular weight excluding hydrogens is 406 g/mol. The third-order valence-corrected chi connectivity index (χ3v) is 6.40. The van der Waals surface area contributed by atoms with Crippen LogP contribution in [0.1, 0.15) is 23.6 Å². The summed E-state index contributed by atoms with van der Waals surface area (Å²) in [4.78, 5) is 27.3. The van der Waals surface area contributed by atoms with Crippen molar-refractivity contribution in [1.29, 1.82) is 0 Å². The fourth-order valence-corrected chi connectivity index (χ4v) is 4.54. The van der Waals surface area contributed by atoms with Gasteiger partial charge in [0.05, 0.1) is 25.5 Å². The summed E-state index contributed by atoms with van der Waals surface area (Å²) >= 11 is 0. The van der Waals surface area contributed by atoms with Crippen LogP contribution in [0.4, 0.5) is 0 Å². The van der Waals surface area contributed by atoms with Gasteiger partial charge in [0.15, 0.2) is 5.82 Å². The molecule has 1 atom stereocenters. The van der Waals surface area contributed by atoms with Crippen LogP contribution in [0.25, 0.3) is 10.8 Å². The summed E-state index contributed by atoms with van der Waals surface area (Å²) < 4.78 is 7.33. The molecule has 0 aliphatic carbocycles. The Kier molecular flexibility index (Phi) is 5.85. The average molecular weight is 434 g/mol. The van der Waals surface area contributed by atoms with Crippen molar-refractivity contribution in [3.8, 4) is 0 Å². The number of rotatable bonds is 5. The number of carbonyl (C=O) groups is 2. The van der Waals surface area contributed by atoms with E-state index >= 15 is 0 Å². The molecule has 2 aliphatic heterocycles. The van der Waals surface area contributed by atoms with Crippen LogP contribution in [-0.2, 0) is 40.3 Å². The largest absolute Gasteiger partial charge is 0.381 e. The summed E-state index contributed by atoms with van der Waals surface area (Å²) in [6.07, 6.45) is 1.80. The Morgan fingerprint density at radius 1 is 1.06 bits per heavy atom. The molecule has 2 aliphatic rings. The Bertz CT molecular complexity index is 1130. The number of ether oxygens (including phenoxy) is 1. The first kappa shape index (κ1) is 20.6. The van der Waals surface area contributed by atoms with Crippen molar-refractivity contribution in [2.45, 2.75) is 32.4 Å². The lowest BCUT2D eigenvalue weighted by Gasteiger charge is -2.20. The highest BCUT2D eigenvalue weighted by atomic mass is 16.5. The fraction of sp³-hybridized carbons (Fsp3) is 0.417. The van der Waals surface area contributed by atoms with Crippen LogP contribution in [0, 0.1) is 5.92 Å². The van der Waals surface area contributed by atoms with Crippen molar-refractivity contribution in [2.24, 2.45) is 5.92 Å². The van der Waals surface area contributed by atoms with Gasteiger partial charge in [-0.25, -0.2) is 0 Å². The summed E-state index contributed by atoms with van der Waals surface area (Å²) in [5.74, 6) is 1.63. The molecule has 1 unspecified atom stereocenters. The Balaban J connectivity index is 1.22. The third-order valence-electron chi connectivity index (χ3n) is 6.40. The van der Waals surface area contributed by atoms with Gasteiger partial charge in [0.1, 0.15) is 5.82 Å². The minimum atomic E-state index is -0.0799. The minimum Gasteiger partial charge on any atom is -0.381 e. The maximum atomic E-state index is 13.1. The van der Waals surface area contributed by atoms with Crippen molar-refractivity contribution in [3.63, 3.8) is 0 Å². The van der Waals surface area contributed by atoms with E-state index in [2.05, 4.69) is 33.7 Å². The molecular formula is C24H27N5O3. The number of aromatic nitrogens is 3. The molecule has 5 rings (SSSR count). The molecule has 0 radical (unpaired) electrons. The summed E-state index contributed by atoms with van der Waals surface area (Å²) in [6, 6.07) is 14.3. The van der Waals surface area contributed by atoms with Crippen LogP contribution < -0.4 is 5.32 Å². The van der Waals surface area contributed by atoms with Gasteiger partial charge in [0.2, 0.25) is 11.8 Å². The van der Waals surface area contributed by atoms with E-state index in [1.165, 1.54) is 0 Å². The summed E-state index contributed by atoms with van der Waals surface area (Å²) in [7, 11) is 0. The Labute approximate surface area is 186 Å². The van der Waals surface area contributed by atoms with E-state index in [1.807, 2.05) is 33.7 Å². The SMILES string of the molecule is O=C(NCc1nnc2n1CCN(C(=O)Cc1cccc3ccccc13)CC2)C1CCOC1. The molecule has 166 valence electrons. The van der Waals surface area contributed by atoms with E-state index in [0.29, 0.717) is 52.2 Å². The second-order valence-electron chi connectivity index (χ2n) is 8.41. The molecule has 1 saturated heterocycles. The van der Waals surface area contributed by atoms with Crippen LogP contribution in [0.15, 0.2) is 42.5 Å². The number of nitrogens with one attached hydrogen (secondary N) is 1. The summed E-state index contributed by atoms with van der Waals surface area (Å²) in [5.41, 5.74) is 1.05. The maximum absolute atomic E-state index is 13.1. The molecule has 2 amide bonds. The monoisotopic (exact) mass is 433 g/mol. The van der Waals surface area contributed by atoms with Gasteiger partial charge in [-0.3, -0.25) is 9.59 Å². The molecule has 2 aromatic carbocycles. The number of amides is 2. The lowest BCUT2D eigenvalue weighted by Crippen LogP contribution is -2.35. The first-order chi connectivity index (χ1) is 15.7. The molecule has 0 bridgehead atoms. The lowest BCUT2D eigenvalue weighted by molar-refractivity contribution is -0.130. The van der Waals surface area contributed by atoms with E-state index < -0.39 is 0 Å². The van der Waals surface area contributed by atoms with Gasteiger partial charge in [-0.2, -0.15) is 0 Å². The van der Waals surface area contributed by atoms with Crippen LogP contribution in [0.5, 0.6) is 0 Å². The van der Waals surface area contributed by atoms with E-state index in [-0.39, 0.29) is 17.7 Å². The van der Waals surface area contributed by atoms with Gasteiger partial charge < -0.3 is 19.5 Å². The van der Waals surface area contributed by atoms with E-state index in [9.17, 15) is 9.59 Å². The summed E-state index contributed by atoms with van der Waals surface area (Å²) in [5, 5.41) is 13.8. The molecule has 0 saturated carbocycles. The standard InChI is InChI=1S/C24H27N5O3/c30-23(14-18-6-3-5-17-4-1-2-7-20(17)18)28-10-8-21-26-27-22(29(21)12-11-28)15-25-24(31)19-9-13-32-16-19/h1-7,19H,8-16H2,(H,25,31). The maximum Gasteiger partial charge on any atom is 0.227 e. The van der Waals surface area contributed by atoms with Crippen LogP contribution in [-0.4, -0.2) is 57.8 Å². The van der Waals surface area contributed by atoms with E-state index in [4.69, 9.17) is 4.74 Å². The molecule has 8 heteroatoms. The van der Waals surface area contributed by atoms with E-state index in [1.54, 1.807) is 0 Å². The number of fused-ring (bicyclic) bond motifs is 2. The zero-order valence-corrected chi connectivity index (χ0v) is 18.0. The Hall–Kier alpha value is -3.26. The third kappa shape index (κ3) is 4.23. The molecule has 32 heavy (non-hydrogen) atoms. The fourth-order valence-electron chi connectivity index (χ4n) is 4.54. The smallest absolute Gasteiger partial charge is 0.227 e. The first-order valence-electron chi connectivity index (χ1n) is 11.2. The number of benzene rings is 2. The molecule has 1 N–H and O–H groups in total. The molecule has 8 nitrogen and oxygen atoms in total. The number of hydrogen-bond acceptors (Lipinski definition) is 5. The highest BCUT2D eigenvalue weighted by molar-refractivity contribution is 5.90. The van der Waals surface area contributed by atoms with Crippen molar-refractivity contribution < 1.29 is 14.3 Å². The van der Waals surface area contributed by atoms with Crippen LogP contribution >= 0.6 is 0 Å². The van der Waals surface area contributed by atoms with Crippen LogP contribution in [0.2, 0.25) is 0 Å². The highest BCUT2D eigenvalue weighted by Crippen LogP contribution is 2.20. The van der Waals surface area contributed by atoms with Crippen LogP contribution in [0.3, 0.4) is 0 Å². The van der Waals surface area contributed by atoms with E-state index in [0.717, 1.165) is 34.4 Å². The quantitative estimate of drug-likeness (QED) is 0.662. The second kappa shape index (κ2) is 9.08. The average Bonchev–Trinajstić information content (AvgIpc) is 3.44. The van der Waals surface area contributed by atoms with Crippen molar-refractivity contribution >= 4 is 22.6 Å². The van der Waals surface area contributed by atoms with Gasteiger partial charge >= 0.3 is 0 Å². The highest BCUT2D eigenvalue weighted by Gasteiger charge is 2.25. The molecule has 0 spiro atoms. The van der Waals surface area contributed by atoms with Gasteiger partial charge in [0, 0.05) is 32.7 Å². The first-order valence-corrected chi connectivity index (χ1v) is 11.2. The zero-order chi connectivity index (χ0) is 21.9. The second-order valence-corrected chi connectivity index (χ2v) is 8.41. The Morgan fingerprint density at radius 3 is 2.81 bits per heavy atom. The topological polar surface area (TPSA) is 89.4 Å². The van der Waals surface area contributed by atoms with Crippen molar-refractivity contribution in [2.75, 3.05) is 26.3 Å². The molecule has 1 aromatic heterocycles. The predicted molar refractivity (Wildman–Crippen MR) is 119 cm³/mol. The summed E-state index contributed by atoms with van der Waals surface area (Å²) in [6.45, 7) is 3.31. The number of nitrogens with zero attached hydrogens (tertiary/aromatic N) is 4. The van der Waals surface area contributed by atoms with Gasteiger partial charge in [-0.15, -0.1) is 10.2 Å². The van der Waals surface area contributed by atoms with Gasteiger partial charge in [-0.1, -0.05) is 42.5 Å². The molecule has 1 fully saturated rings. The van der Waals surface area contributed by atoms with Crippen molar-refractivity contribution in [3.05, 3.63) is 59.7 Å². The lowest BCUT2D eigenvalue weighted by atomic mass is 10.0. The predicted octanol–water partition coefficient (Wildman–Crippen LogP) is 1.71. The molecule has 3 aromatic rings. The van der Waals surface area contributed by atoms with Gasteiger partial charge in [0.25, 0.3) is 0 Å². The minimum absolute atomic E-state index is 0.000337. The number of carbonyl (C=O) groups excluding carboxylic acids is 2. The van der Waals surface area contributed by atoms with Crippen molar-refractivity contribution in [1.82, 2.24) is 25.0 Å². The Morgan fingerprint density at radius 2 is 1.94 bits per heavy atom. The normalized spacial score (nSPS) is 18.4. The zero-order valence-electron chi connectivity index (χ0n) is 18.0.